The first-order chi connectivity index (χ1) is 14.8. The highest BCUT2D eigenvalue weighted by atomic mass is 35.5. The van der Waals surface area contributed by atoms with E-state index in [1.54, 1.807) is 18.2 Å². The van der Waals surface area contributed by atoms with Crippen LogP contribution in [0.1, 0.15) is 29.6 Å². The van der Waals surface area contributed by atoms with Crippen LogP contribution >= 0.6 is 11.6 Å². The fourth-order valence-corrected chi connectivity index (χ4v) is 5.36. The number of piperidine rings is 1. The molecule has 1 amide bonds. The molecule has 31 heavy (non-hydrogen) atoms. The Morgan fingerprint density at radius 1 is 1.10 bits per heavy atom. The van der Waals surface area contributed by atoms with E-state index in [0.717, 1.165) is 19.3 Å². The lowest BCUT2D eigenvalue weighted by atomic mass is 10.2. The van der Waals surface area contributed by atoms with E-state index >= 15 is 0 Å². The van der Waals surface area contributed by atoms with Crippen molar-refractivity contribution in [2.45, 2.75) is 24.2 Å². The number of halogens is 1. The second-order valence-corrected chi connectivity index (χ2v) is 9.38. The van der Waals surface area contributed by atoms with Gasteiger partial charge >= 0.3 is 0 Å². The Bertz CT molecular complexity index is 1070. The van der Waals surface area contributed by atoms with E-state index in [4.69, 9.17) is 11.6 Å². The Hall–Kier alpha value is -2.69. The number of amides is 1. The van der Waals surface area contributed by atoms with Gasteiger partial charge < -0.3 is 10.6 Å². The van der Waals surface area contributed by atoms with Crippen molar-refractivity contribution in [2.24, 2.45) is 0 Å². The van der Waals surface area contributed by atoms with Gasteiger partial charge in [-0.25, -0.2) is 8.42 Å². The summed E-state index contributed by atoms with van der Waals surface area (Å²) in [6.07, 6.45) is 2.58. The lowest BCUT2D eigenvalue weighted by molar-refractivity contribution is -0.384. The summed E-state index contributed by atoms with van der Waals surface area (Å²) in [7, 11) is -3.78. The van der Waals surface area contributed by atoms with Gasteiger partial charge in [-0.3, -0.25) is 14.9 Å². The number of para-hydroxylation sites is 2. The first kappa shape index (κ1) is 23.0. The van der Waals surface area contributed by atoms with Crippen LogP contribution in [0, 0.1) is 10.1 Å². The topological polar surface area (TPSA) is 122 Å². The van der Waals surface area contributed by atoms with Gasteiger partial charge in [0.05, 0.1) is 9.95 Å². The summed E-state index contributed by atoms with van der Waals surface area (Å²) in [6.45, 7) is 1.31. The average molecular weight is 467 g/mol. The predicted octanol–water partition coefficient (Wildman–Crippen LogP) is 3.26. The van der Waals surface area contributed by atoms with E-state index in [0.29, 0.717) is 18.8 Å². The monoisotopic (exact) mass is 466 g/mol. The molecule has 1 aliphatic heterocycles. The maximum Gasteiger partial charge on any atom is 0.292 e. The predicted molar refractivity (Wildman–Crippen MR) is 118 cm³/mol. The molecule has 0 spiro atoms. The highest BCUT2D eigenvalue weighted by molar-refractivity contribution is 7.89. The molecule has 1 saturated heterocycles. The fourth-order valence-electron chi connectivity index (χ4n) is 3.34. The maximum atomic E-state index is 12.9. The third-order valence-corrected chi connectivity index (χ3v) is 7.33. The third-order valence-electron chi connectivity index (χ3n) is 4.95. The van der Waals surface area contributed by atoms with E-state index < -0.39 is 20.9 Å². The summed E-state index contributed by atoms with van der Waals surface area (Å²) < 4.78 is 27.3. The third kappa shape index (κ3) is 5.52. The molecule has 0 unspecified atom stereocenters. The Morgan fingerprint density at radius 3 is 2.52 bits per heavy atom. The number of nitrogens with one attached hydrogen (secondary N) is 2. The zero-order valence-electron chi connectivity index (χ0n) is 16.7. The largest absolute Gasteiger partial charge is 0.378 e. The van der Waals surface area contributed by atoms with Crippen LogP contribution in [0.3, 0.4) is 0 Å². The smallest absolute Gasteiger partial charge is 0.292 e. The fraction of sp³-hybridized carbons (Fsp3) is 0.350. The zero-order valence-corrected chi connectivity index (χ0v) is 18.3. The summed E-state index contributed by atoms with van der Waals surface area (Å²) in [5.74, 6) is -0.462. The molecule has 3 rings (SSSR count). The number of carbonyl (C=O) groups excluding carboxylic acids is 1. The average Bonchev–Trinajstić information content (AvgIpc) is 2.77. The molecule has 0 saturated carbocycles. The molecule has 0 atom stereocenters. The second kappa shape index (κ2) is 10.1. The van der Waals surface area contributed by atoms with Gasteiger partial charge in [0, 0.05) is 37.8 Å². The molecular formula is C20H23ClN4O5S. The van der Waals surface area contributed by atoms with Crippen LogP contribution in [-0.2, 0) is 10.0 Å². The van der Waals surface area contributed by atoms with Crippen LogP contribution in [0.4, 0.5) is 11.4 Å². The number of sulfonamides is 1. The number of nitro benzene ring substituents is 1. The molecule has 1 heterocycles. The zero-order chi connectivity index (χ0) is 22.4. The van der Waals surface area contributed by atoms with Crippen LogP contribution in [0.15, 0.2) is 47.4 Å². The van der Waals surface area contributed by atoms with E-state index in [1.165, 1.54) is 28.6 Å². The first-order valence-electron chi connectivity index (χ1n) is 9.86. The van der Waals surface area contributed by atoms with Gasteiger partial charge in [0.2, 0.25) is 10.0 Å². The molecule has 166 valence electrons. The minimum atomic E-state index is -3.78. The number of anilines is 1. The van der Waals surface area contributed by atoms with Crippen LogP contribution in [-0.4, -0.2) is 49.7 Å². The molecule has 2 aromatic carbocycles. The SMILES string of the molecule is O=C(NCCNc1ccccc1[N+](=O)[O-])c1ccc(Cl)c(S(=O)(=O)N2CCCCC2)c1. The molecule has 1 fully saturated rings. The number of carbonyl (C=O) groups is 1. The number of nitro groups is 1. The molecule has 0 radical (unpaired) electrons. The molecule has 9 nitrogen and oxygen atoms in total. The van der Waals surface area contributed by atoms with Gasteiger partial charge in [-0.2, -0.15) is 4.31 Å². The normalized spacial score (nSPS) is 14.7. The van der Waals surface area contributed by atoms with Crippen molar-refractivity contribution >= 4 is 38.9 Å². The van der Waals surface area contributed by atoms with Crippen LogP contribution in [0.5, 0.6) is 0 Å². The molecule has 11 heteroatoms. The molecule has 1 aliphatic rings. The van der Waals surface area contributed by atoms with Crippen LogP contribution in [0.25, 0.3) is 0 Å². The highest BCUT2D eigenvalue weighted by Crippen LogP contribution is 2.28. The number of hydrogen-bond donors (Lipinski definition) is 2. The van der Waals surface area contributed by atoms with E-state index in [9.17, 15) is 23.3 Å². The van der Waals surface area contributed by atoms with Gasteiger partial charge in [0.15, 0.2) is 0 Å². The quantitative estimate of drug-likeness (QED) is 0.350. The van der Waals surface area contributed by atoms with Gasteiger partial charge in [-0.1, -0.05) is 30.2 Å². The lowest BCUT2D eigenvalue weighted by Crippen LogP contribution is -2.36. The molecule has 2 N–H and O–H groups in total. The summed E-state index contributed by atoms with van der Waals surface area (Å²) >= 11 is 6.14. The summed E-state index contributed by atoms with van der Waals surface area (Å²) in [5.41, 5.74) is 0.466. The Morgan fingerprint density at radius 2 is 1.81 bits per heavy atom. The van der Waals surface area contributed by atoms with Gasteiger partial charge in [-0.05, 0) is 37.1 Å². The van der Waals surface area contributed by atoms with Crippen molar-refractivity contribution in [3.05, 3.63) is 63.2 Å². The molecular weight excluding hydrogens is 444 g/mol. The number of benzene rings is 2. The number of rotatable bonds is 8. The van der Waals surface area contributed by atoms with Crippen molar-refractivity contribution in [3.8, 4) is 0 Å². The first-order valence-corrected chi connectivity index (χ1v) is 11.7. The van der Waals surface area contributed by atoms with Gasteiger partial charge in [-0.15, -0.1) is 0 Å². The molecule has 0 bridgehead atoms. The second-order valence-electron chi connectivity index (χ2n) is 7.07. The van der Waals surface area contributed by atoms with Crippen molar-refractivity contribution in [2.75, 3.05) is 31.5 Å². The summed E-state index contributed by atoms with van der Waals surface area (Å²) in [6, 6.07) is 10.4. The van der Waals surface area contributed by atoms with E-state index in [2.05, 4.69) is 10.6 Å². The minimum Gasteiger partial charge on any atom is -0.378 e. The number of hydrogen-bond acceptors (Lipinski definition) is 6. The molecule has 0 aliphatic carbocycles. The van der Waals surface area contributed by atoms with Crippen LogP contribution in [0.2, 0.25) is 5.02 Å². The van der Waals surface area contributed by atoms with Crippen LogP contribution < -0.4 is 10.6 Å². The Kier molecular flexibility index (Phi) is 7.47. The maximum absolute atomic E-state index is 12.9. The lowest BCUT2D eigenvalue weighted by Gasteiger charge is -2.26. The highest BCUT2D eigenvalue weighted by Gasteiger charge is 2.28. The van der Waals surface area contributed by atoms with E-state index in [1.807, 2.05) is 0 Å². The Balaban J connectivity index is 1.64. The molecule has 2 aromatic rings. The van der Waals surface area contributed by atoms with Crippen molar-refractivity contribution in [1.29, 1.82) is 0 Å². The molecule has 0 aromatic heterocycles. The Labute approximate surface area is 185 Å². The van der Waals surface area contributed by atoms with E-state index in [-0.39, 0.29) is 34.3 Å². The van der Waals surface area contributed by atoms with Crippen molar-refractivity contribution in [1.82, 2.24) is 9.62 Å². The number of nitrogens with zero attached hydrogens (tertiary/aromatic N) is 2. The standard InChI is InChI=1S/C20H23ClN4O5S/c21-16-9-8-15(14-19(16)31(29,30)24-12-4-1-5-13-24)20(26)23-11-10-22-17-6-2-3-7-18(17)25(27)28/h2-3,6-9,14,22H,1,4-5,10-13H2,(H,23,26). The summed E-state index contributed by atoms with van der Waals surface area (Å²) in [4.78, 5) is 23.0. The van der Waals surface area contributed by atoms with Crippen molar-refractivity contribution < 1.29 is 18.1 Å². The summed E-state index contributed by atoms with van der Waals surface area (Å²) in [5, 5.41) is 16.7. The minimum absolute atomic E-state index is 0.0564. The van der Waals surface area contributed by atoms with Gasteiger partial charge in [0.25, 0.3) is 11.6 Å². The van der Waals surface area contributed by atoms with Crippen molar-refractivity contribution in [3.63, 3.8) is 0 Å². The van der Waals surface area contributed by atoms with Gasteiger partial charge in [0.1, 0.15) is 10.6 Å².